The van der Waals surface area contributed by atoms with E-state index in [1.165, 1.54) is 12.3 Å². The van der Waals surface area contributed by atoms with Crippen LogP contribution in [0.15, 0.2) is 12.3 Å². The zero-order chi connectivity index (χ0) is 11.6. The molecule has 15 heavy (non-hydrogen) atoms. The van der Waals surface area contributed by atoms with Crippen molar-refractivity contribution in [3.63, 3.8) is 0 Å². The number of anilines is 1. The number of halogens is 1. The molecule has 0 spiro atoms. The Hall–Kier alpha value is -1.38. The highest BCUT2D eigenvalue weighted by Crippen LogP contribution is 2.17. The molecule has 1 aromatic heterocycles. The van der Waals surface area contributed by atoms with Crippen LogP contribution in [-0.2, 0) is 0 Å². The van der Waals surface area contributed by atoms with Crippen LogP contribution in [0.2, 0.25) is 0 Å². The summed E-state index contributed by atoms with van der Waals surface area (Å²) >= 11 is 1.98. The summed E-state index contributed by atoms with van der Waals surface area (Å²) in [5.74, 6) is -0.120. The van der Waals surface area contributed by atoms with E-state index in [1.807, 2.05) is 22.6 Å². The van der Waals surface area contributed by atoms with Crippen molar-refractivity contribution in [2.45, 2.75) is 6.92 Å². The number of hydrogen-bond donors (Lipinski definition) is 2. The average molecular weight is 322 g/mol. The van der Waals surface area contributed by atoms with Crippen LogP contribution < -0.4 is 4.90 Å². The molecule has 80 valence electrons. The van der Waals surface area contributed by atoms with Crippen molar-refractivity contribution < 1.29 is 19.8 Å². The summed E-state index contributed by atoms with van der Waals surface area (Å²) in [6.07, 6.45) is -1.72. The van der Waals surface area contributed by atoms with Gasteiger partial charge in [0.1, 0.15) is 5.82 Å². The SMILES string of the molecule is Cc1cnc(N(C(=O)O)C(=O)O)cc1I. The van der Waals surface area contributed by atoms with Crippen LogP contribution in [0.5, 0.6) is 0 Å². The first-order valence-corrected chi connectivity index (χ1v) is 4.89. The first-order chi connectivity index (χ1) is 6.93. The number of carbonyl (C=O) groups is 2. The molecule has 2 amide bonds. The highest BCUT2D eigenvalue weighted by molar-refractivity contribution is 14.1. The van der Waals surface area contributed by atoms with Crippen molar-refractivity contribution in [2.75, 3.05) is 4.90 Å². The summed E-state index contributed by atoms with van der Waals surface area (Å²) in [4.78, 5) is 25.2. The second-order valence-electron chi connectivity index (χ2n) is 2.69. The van der Waals surface area contributed by atoms with E-state index in [9.17, 15) is 9.59 Å². The lowest BCUT2D eigenvalue weighted by atomic mass is 10.3. The van der Waals surface area contributed by atoms with Crippen LogP contribution in [0.25, 0.3) is 0 Å². The third kappa shape index (κ3) is 2.55. The fraction of sp³-hybridized carbons (Fsp3) is 0.125. The Labute approximate surface area is 98.7 Å². The van der Waals surface area contributed by atoms with Gasteiger partial charge in [0.2, 0.25) is 0 Å². The first kappa shape index (κ1) is 11.7. The number of nitrogens with zero attached hydrogens (tertiary/aromatic N) is 2. The lowest BCUT2D eigenvalue weighted by Gasteiger charge is -2.12. The molecule has 0 saturated heterocycles. The summed E-state index contributed by atoms with van der Waals surface area (Å²) in [6.45, 7) is 1.80. The largest absolute Gasteiger partial charge is 0.464 e. The molecular weight excluding hydrogens is 315 g/mol. The molecule has 7 heteroatoms. The van der Waals surface area contributed by atoms with E-state index in [-0.39, 0.29) is 10.7 Å². The summed E-state index contributed by atoms with van der Waals surface area (Å²) in [7, 11) is 0. The molecule has 0 bridgehead atoms. The molecular formula is C8H7IN2O4. The summed E-state index contributed by atoms with van der Waals surface area (Å²) in [5, 5.41) is 17.3. The van der Waals surface area contributed by atoms with Gasteiger partial charge < -0.3 is 10.2 Å². The van der Waals surface area contributed by atoms with Gasteiger partial charge in [0.25, 0.3) is 0 Å². The third-order valence-corrected chi connectivity index (χ3v) is 2.80. The Bertz CT molecular complexity index is 407. The van der Waals surface area contributed by atoms with E-state index in [4.69, 9.17) is 10.2 Å². The smallest absolute Gasteiger partial charge is 0.422 e. The predicted octanol–water partition coefficient (Wildman–Crippen LogP) is 2.16. The quantitative estimate of drug-likeness (QED) is 0.773. The Kier molecular flexibility index (Phi) is 3.45. The highest BCUT2D eigenvalue weighted by Gasteiger charge is 2.23. The number of hydrogen-bond acceptors (Lipinski definition) is 3. The Morgan fingerprint density at radius 2 is 1.93 bits per heavy atom. The van der Waals surface area contributed by atoms with Gasteiger partial charge >= 0.3 is 12.2 Å². The van der Waals surface area contributed by atoms with E-state index in [0.29, 0.717) is 0 Å². The Morgan fingerprint density at radius 1 is 1.40 bits per heavy atom. The minimum atomic E-state index is -1.57. The van der Waals surface area contributed by atoms with Crippen molar-refractivity contribution in [1.29, 1.82) is 0 Å². The second-order valence-corrected chi connectivity index (χ2v) is 3.85. The fourth-order valence-corrected chi connectivity index (χ4v) is 1.31. The first-order valence-electron chi connectivity index (χ1n) is 3.81. The molecule has 1 rings (SSSR count). The number of amides is 2. The normalized spacial score (nSPS) is 9.73. The van der Waals surface area contributed by atoms with Gasteiger partial charge in [-0.1, -0.05) is 0 Å². The highest BCUT2D eigenvalue weighted by atomic mass is 127. The maximum Gasteiger partial charge on any atom is 0.422 e. The molecule has 0 aliphatic rings. The average Bonchev–Trinajstić information content (AvgIpc) is 2.10. The van der Waals surface area contributed by atoms with Crippen LogP contribution >= 0.6 is 22.6 Å². The molecule has 0 fully saturated rings. The molecule has 0 saturated carbocycles. The summed E-state index contributed by atoms with van der Waals surface area (Å²) in [5.41, 5.74) is 0.857. The predicted molar refractivity (Wildman–Crippen MR) is 60.2 cm³/mol. The molecule has 1 heterocycles. The monoisotopic (exact) mass is 322 g/mol. The molecule has 0 atom stereocenters. The Morgan fingerprint density at radius 3 is 2.33 bits per heavy atom. The standard InChI is InChI=1S/C8H7IN2O4/c1-4-3-10-6(2-5(4)9)11(7(12)13)8(14)15/h2-3H,1H3,(H,12,13)(H,14,15). The Balaban J connectivity index is 3.18. The van der Waals surface area contributed by atoms with Crippen molar-refractivity contribution in [3.8, 4) is 0 Å². The van der Waals surface area contributed by atoms with E-state index in [1.54, 1.807) is 6.92 Å². The summed E-state index contributed by atoms with van der Waals surface area (Å²) < 4.78 is 0.755. The van der Waals surface area contributed by atoms with Gasteiger partial charge in [0, 0.05) is 9.77 Å². The van der Waals surface area contributed by atoms with Gasteiger partial charge in [-0.25, -0.2) is 14.6 Å². The molecule has 0 aliphatic carbocycles. The maximum absolute atomic E-state index is 10.6. The number of pyridine rings is 1. The van der Waals surface area contributed by atoms with Gasteiger partial charge in [-0.3, -0.25) is 0 Å². The van der Waals surface area contributed by atoms with Crippen molar-refractivity contribution in [2.24, 2.45) is 0 Å². The zero-order valence-corrected chi connectivity index (χ0v) is 9.80. The van der Waals surface area contributed by atoms with Crippen LogP contribution in [-0.4, -0.2) is 27.4 Å². The lowest BCUT2D eigenvalue weighted by Crippen LogP contribution is -2.35. The number of aryl methyl sites for hydroxylation is 1. The van der Waals surface area contributed by atoms with Gasteiger partial charge in [0.05, 0.1) is 0 Å². The maximum atomic E-state index is 10.6. The number of rotatable bonds is 1. The van der Waals surface area contributed by atoms with Crippen LogP contribution in [0, 0.1) is 10.5 Å². The van der Waals surface area contributed by atoms with Gasteiger partial charge in [0.15, 0.2) is 0 Å². The van der Waals surface area contributed by atoms with Gasteiger partial charge in [-0.05, 0) is 41.1 Å². The van der Waals surface area contributed by atoms with E-state index < -0.39 is 12.2 Å². The van der Waals surface area contributed by atoms with Crippen LogP contribution in [0.4, 0.5) is 15.4 Å². The lowest BCUT2D eigenvalue weighted by molar-refractivity contribution is 0.184. The van der Waals surface area contributed by atoms with Crippen molar-refractivity contribution >= 4 is 40.6 Å². The molecule has 6 nitrogen and oxygen atoms in total. The van der Waals surface area contributed by atoms with Gasteiger partial charge in [-0.2, -0.15) is 4.90 Å². The fourth-order valence-electron chi connectivity index (χ4n) is 0.889. The van der Waals surface area contributed by atoms with E-state index in [2.05, 4.69) is 4.98 Å². The number of imide groups is 1. The van der Waals surface area contributed by atoms with Gasteiger partial charge in [-0.15, -0.1) is 0 Å². The molecule has 2 N–H and O–H groups in total. The summed E-state index contributed by atoms with van der Waals surface area (Å²) in [6, 6.07) is 1.40. The van der Waals surface area contributed by atoms with Crippen molar-refractivity contribution in [3.05, 3.63) is 21.4 Å². The zero-order valence-electron chi connectivity index (χ0n) is 7.64. The number of aromatic nitrogens is 1. The van der Waals surface area contributed by atoms with E-state index >= 15 is 0 Å². The second kappa shape index (κ2) is 4.43. The molecule has 0 aromatic carbocycles. The van der Waals surface area contributed by atoms with Crippen molar-refractivity contribution in [1.82, 2.24) is 4.98 Å². The molecule has 0 radical (unpaired) electrons. The minimum absolute atomic E-state index is 0.120. The third-order valence-electron chi connectivity index (χ3n) is 1.63. The molecule has 0 unspecified atom stereocenters. The van der Waals surface area contributed by atoms with Crippen LogP contribution in [0.3, 0.4) is 0 Å². The minimum Gasteiger partial charge on any atom is -0.464 e. The van der Waals surface area contributed by atoms with Crippen LogP contribution in [0.1, 0.15) is 5.56 Å². The number of carboxylic acid groups (broad SMARTS) is 2. The molecule has 0 aliphatic heterocycles. The molecule has 1 aromatic rings. The van der Waals surface area contributed by atoms with E-state index in [0.717, 1.165) is 9.13 Å². The topological polar surface area (TPSA) is 90.7 Å².